The molecule has 1 amide bonds. The monoisotopic (exact) mass is 322 g/mol. The van der Waals surface area contributed by atoms with E-state index in [4.69, 9.17) is 16.3 Å². The van der Waals surface area contributed by atoms with E-state index in [-0.39, 0.29) is 6.10 Å². The van der Waals surface area contributed by atoms with E-state index in [1.807, 2.05) is 29.2 Å². The Hall–Kier alpha value is -1.10. The zero-order chi connectivity index (χ0) is 15.5. The number of amides is 1. The van der Waals surface area contributed by atoms with Gasteiger partial charge < -0.3 is 9.64 Å². The number of likely N-dealkylation sites (tertiary alicyclic amines) is 1. The van der Waals surface area contributed by atoms with Gasteiger partial charge in [-0.15, -0.1) is 0 Å². The topological polar surface area (TPSA) is 32.8 Å². The van der Waals surface area contributed by atoms with Crippen LogP contribution in [0.25, 0.3) is 0 Å². The quantitative estimate of drug-likeness (QED) is 0.854. The maximum absolute atomic E-state index is 11.7. The summed E-state index contributed by atoms with van der Waals surface area (Å²) < 4.78 is 5.97. The molecule has 22 heavy (non-hydrogen) atoms. The Morgan fingerprint density at radius 3 is 2.86 bits per heavy atom. The SMILES string of the molecule is C[C@@H]1CO[C@H](c2ccccc2Cl)CN1CCN1CCCC1=O. The number of ether oxygens (including phenoxy) is 1. The molecule has 0 radical (unpaired) electrons. The fraction of sp³-hybridized carbons (Fsp3) is 0.588. The zero-order valence-corrected chi connectivity index (χ0v) is 13.8. The molecule has 1 aromatic carbocycles. The first-order valence-corrected chi connectivity index (χ1v) is 8.41. The number of carbonyl (C=O) groups is 1. The second-order valence-electron chi connectivity index (χ2n) is 6.17. The maximum atomic E-state index is 11.7. The Labute approximate surface area is 137 Å². The molecule has 0 bridgehead atoms. The Morgan fingerprint density at radius 2 is 2.14 bits per heavy atom. The third kappa shape index (κ3) is 3.45. The molecule has 5 heteroatoms. The van der Waals surface area contributed by atoms with Crippen molar-refractivity contribution in [2.75, 3.05) is 32.8 Å². The molecule has 1 aromatic rings. The summed E-state index contributed by atoms with van der Waals surface area (Å²) in [5.74, 6) is 0.295. The molecule has 4 nitrogen and oxygen atoms in total. The van der Waals surface area contributed by atoms with Crippen LogP contribution < -0.4 is 0 Å². The van der Waals surface area contributed by atoms with Gasteiger partial charge in [0.2, 0.25) is 5.91 Å². The minimum absolute atomic E-state index is 0.0131. The van der Waals surface area contributed by atoms with Crippen molar-refractivity contribution in [1.29, 1.82) is 0 Å². The van der Waals surface area contributed by atoms with Gasteiger partial charge in [0.15, 0.2) is 0 Å². The van der Waals surface area contributed by atoms with E-state index in [2.05, 4.69) is 11.8 Å². The molecule has 2 aliphatic rings. The summed E-state index contributed by atoms with van der Waals surface area (Å²) in [5.41, 5.74) is 1.05. The van der Waals surface area contributed by atoms with Crippen molar-refractivity contribution in [2.24, 2.45) is 0 Å². The molecular formula is C17H23ClN2O2. The number of nitrogens with zero attached hydrogens (tertiary/aromatic N) is 2. The van der Waals surface area contributed by atoms with E-state index >= 15 is 0 Å². The highest BCUT2D eigenvalue weighted by molar-refractivity contribution is 6.31. The molecule has 2 heterocycles. The number of benzene rings is 1. The van der Waals surface area contributed by atoms with Crippen molar-refractivity contribution < 1.29 is 9.53 Å². The van der Waals surface area contributed by atoms with Gasteiger partial charge in [0, 0.05) is 49.2 Å². The number of rotatable bonds is 4. The summed E-state index contributed by atoms with van der Waals surface area (Å²) in [6, 6.07) is 8.25. The number of halogens is 1. The number of morpholine rings is 1. The third-order valence-corrected chi connectivity index (χ3v) is 4.99. The Kier molecular flexibility index (Phi) is 5.01. The van der Waals surface area contributed by atoms with Crippen molar-refractivity contribution in [3.8, 4) is 0 Å². The average Bonchev–Trinajstić information content (AvgIpc) is 2.92. The highest BCUT2D eigenvalue weighted by Crippen LogP contribution is 2.29. The fourth-order valence-electron chi connectivity index (χ4n) is 3.23. The maximum Gasteiger partial charge on any atom is 0.222 e. The van der Waals surface area contributed by atoms with E-state index in [0.717, 1.165) is 43.2 Å². The number of hydrogen-bond donors (Lipinski definition) is 0. The van der Waals surface area contributed by atoms with Gasteiger partial charge >= 0.3 is 0 Å². The normalized spacial score (nSPS) is 26.6. The second kappa shape index (κ2) is 6.99. The molecule has 0 spiro atoms. The zero-order valence-electron chi connectivity index (χ0n) is 13.0. The van der Waals surface area contributed by atoms with Crippen LogP contribution in [0.3, 0.4) is 0 Å². The van der Waals surface area contributed by atoms with Crippen molar-refractivity contribution in [3.05, 3.63) is 34.9 Å². The standard InChI is InChI=1S/C17H23ClN2O2/c1-13-12-22-16(14-5-2-3-6-15(14)18)11-20(13)10-9-19-8-4-7-17(19)21/h2-3,5-6,13,16H,4,7-12H2,1H3/t13-,16+/m1/s1. The summed E-state index contributed by atoms with van der Waals surface area (Å²) in [4.78, 5) is 16.1. The van der Waals surface area contributed by atoms with Crippen molar-refractivity contribution in [2.45, 2.75) is 31.9 Å². The molecule has 0 unspecified atom stereocenters. The first kappa shape index (κ1) is 15.8. The van der Waals surface area contributed by atoms with Crippen LogP contribution in [-0.2, 0) is 9.53 Å². The molecule has 2 aliphatic heterocycles. The molecule has 0 saturated carbocycles. The lowest BCUT2D eigenvalue weighted by Gasteiger charge is -2.39. The van der Waals surface area contributed by atoms with Gasteiger partial charge in [-0.25, -0.2) is 0 Å². The van der Waals surface area contributed by atoms with E-state index in [1.54, 1.807) is 0 Å². The minimum atomic E-state index is 0.0131. The van der Waals surface area contributed by atoms with E-state index in [1.165, 1.54) is 0 Å². The van der Waals surface area contributed by atoms with Crippen LogP contribution in [0.2, 0.25) is 5.02 Å². The highest BCUT2D eigenvalue weighted by atomic mass is 35.5. The van der Waals surface area contributed by atoms with Crippen molar-refractivity contribution in [1.82, 2.24) is 9.80 Å². The van der Waals surface area contributed by atoms with E-state index in [9.17, 15) is 4.79 Å². The lowest BCUT2D eigenvalue weighted by atomic mass is 10.1. The Balaban J connectivity index is 1.61. The first-order valence-electron chi connectivity index (χ1n) is 8.03. The lowest BCUT2D eigenvalue weighted by molar-refractivity contribution is -0.128. The molecule has 120 valence electrons. The summed E-state index contributed by atoms with van der Waals surface area (Å²) in [7, 11) is 0. The second-order valence-corrected chi connectivity index (χ2v) is 6.58. The van der Waals surface area contributed by atoms with Gasteiger partial charge in [-0.3, -0.25) is 9.69 Å². The number of carbonyl (C=O) groups excluding carboxylic acids is 1. The Bertz CT molecular complexity index is 537. The van der Waals surface area contributed by atoms with Crippen molar-refractivity contribution in [3.63, 3.8) is 0 Å². The van der Waals surface area contributed by atoms with E-state index < -0.39 is 0 Å². The molecular weight excluding hydrogens is 300 g/mol. The molecule has 2 atom stereocenters. The summed E-state index contributed by atoms with van der Waals surface area (Å²) in [5, 5.41) is 0.761. The van der Waals surface area contributed by atoms with Crippen LogP contribution in [-0.4, -0.2) is 54.5 Å². The van der Waals surface area contributed by atoms with Crippen LogP contribution in [0.5, 0.6) is 0 Å². The van der Waals surface area contributed by atoms with Crippen LogP contribution in [0, 0.1) is 0 Å². The molecule has 2 saturated heterocycles. The largest absolute Gasteiger partial charge is 0.371 e. The van der Waals surface area contributed by atoms with Gasteiger partial charge in [0.1, 0.15) is 0 Å². The smallest absolute Gasteiger partial charge is 0.222 e. The van der Waals surface area contributed by atoms with Gasteiger partial charge in [-0.1, -0.05) is 29.8 Å². The van der Waals surface area contributed by atoms with Crippen LogP contribution in [0.4, 0.5) is 0 Å². The summed E-state index contributed by atoms with van der Waals surface area (Å²) in [6.45, 7) is 6.33. The van der Waals surface area contributed by atoms with Crippen molar-refractivity contribution >= 4 is 17.5 Å². The first-order chi connectivity index (χ1) is 10.6. The van der Waals surface area contributed by atoms with Gasteiger partial charge in [0.25, 0.3) is 0 Å². The predicted molar refractivity (Wildman–Crippen MR) is 87.0 cm³/mol. The third-order valence-electron chi connectivity index (χ3n) is 4.64. The highest BCUT2D eigenvalue weighted by Gasteiger charge is 2.29. The van der Waals surface area contributed by atoms with Crippen LogP contribution in [0.15, 0.2) is 24.3 Å². The van der Waals surface area contributed by atoms with Gasteiger partial charge in [-0.2, -0.15) is 0 Å². The molecule has 3 rings (SSSR count). The van der Waals surface area contributed by atoms with Gasteiger partial charge in [0.05, 0.1) is 12.7 Å². The number of hydrogen-bond acceptors (Lipinski definition) is 3. The van der Waals surface area contributed by atoms with E-state index in [0.29, 0.717) is 25.0 Å². The molecule has 0 aliphatic carbocycles. The van der Waals surface area contributed by atoms with Crippen LogP contribution in [0.1, 0.15) is 31.4 Å². The predicted octanol–water partition coefficient (Wildman–Crippen LogP) is 2.72. The van der Waals surface area contributed by atoms with Gasteiger partial charge in [-0.05, 0) is 19.4 Å². The lowest BCUT2D eigenvalue weighted by Crippen LogP contribution is -2.48. The summed E-state index contributed by atoms with van der Waals surface area (Å²) in [6.07, 6.45) is 1.72. The Morgan fingerprint density at radius 1 is 1.32 bits per heavy atom. The average molecular weight is 323 g/mol. The summed E-state index contributed by atoms with van der Waals surface area (Å²) >= 11 is 6.29. The molecule has 0 aromatic heterocycles. The fourth-order valence-corrected chi connectivity index (χ4v) is 3.49. The molecule has 0 N–H and O–H groups in total. The molecule has 2 fully saturated rings. The van der Waals surface area contributed by atoms with Crippen LogP contribution >= 0.6 is 11.6 Å². The minimum Gasteiger partial charge on any atom is -0.371 e.